The molecule has 3 aromatic rings. The Bertz CT molecular complexity index is 2100. The summed E-state index contributed by atoms with van der Waals surface area (Å²) in [6.45, 7) is 5.01. The quantitative estimate of drug-likeness (QED) is 0.293. The predicted molar refractivity (Wildman–Crippen MR) is 209 cm³/mol. The number of aromatic nitrogens is 2. The Balaban J connectivity index is 0.835. The number of imide groups is 1. The molecule has 5 aliphatic rings. The number of halogens is 1. The second kappa shape index (κ2) is 16.0. The molecule has 3 fully saturated rings. The van der Waals surface area contributed by atoms with Crippen LogP contribution in [0.15, 0.2) is 54.6 Å². The van der Waals surface area contributed by atoms with Crippen LogP contribution in [0.25, 0.3) is 5.57 Å². The third-order valence-corrected chi connectivity index (χ3v) is 12.4. The van der Waals surface area contributed by atoms with Crippen molar-refractivity contribution in [1.82, 2.24) is 24.9 Å². The van der Waals surface area contributed by atoms with Crippen molar-refractivity contribution in [2.24, 2.45) is 11.7 Å². The van der Waals surface area contributed by atoms with Crippen molar-refractivity contribution >= 4 is 46.6 Å². The summed E-state index contributed by atoms with van der Waals surface area (Å²) in [5, 5.41) is 17.6. The molecule has 14 heteroatoms. The van der Waals surface area contributed by atoms with Gasteiger partial charge in [-0.25, -0.2) is 0 Å². The number of ether oxygens (including phenoxy) is 1. The van der Waals surface area contributed by atoms with Crippen LogP contribution in [0.3, 0.4) is 0 Å². The van der Waals surface area contributed by atoms with E-state index < -0.39 is 11.9 Å². The fraction of sp³-hybridized carbons (Fsp3) is 0.452. The van der Waals surface area contributed by atoms with Crippen LogP contribution in [0.2, 0.25) is 5.02 Å². The molecule has 1 aliphatic carbocycles. The lowest BCUT2D eigenvalue weighted by Crippen LogP contribution is -2.58. The number of hydrogen-bond donors (Lipinski definition) is 1. The number of anilines is 1. The largest absolute Gasteiger partial charge is 0.490 e. The van der Waals surface area contributed by atoms with Crippen LogP contribution in [0.4, 0.5) is 5.82 Å². The molecule has 2 aromatic carbocycles. The van der Waals surface area contributed by atoms with E-state index in [1.54, 1.807) is 29.2 Å². The van der Waals surface area contributed by atoms with Crippen molar-refractivity contribution < 1.29 is 23.9 Å². The van der Waals surface area contributed by atoms with Crippen molar-refractivity contribution in [1.29, 1.82) is 5.26 Å². The van der Waals surface area contributed by atoms with E-state index in [4.69, 9.17) is 27.3 Å². The lowest BCUT2D eigenvalue weighted by atomic mass is 9.89. The maximum absolute atomic E-state index is 14.0. The molecule has 1 saturated carbocycles. The maximum atomic E-state index is 14.0. The van der Waals surface area contributed by atoms with E-state index >= 15 is 0 Å². The van der Waals surface area contributed by atoms with E-state index in [0.29, 0.717) is 66.5 Å². The molecular formula is C42H45ClN8O5. The number of nitrogens with two attached hydrogens (primary N) is 1. The number of carbonyl (C=O) groups excluding carboxylic acids is 4. The van der Waals surface area contributed by atoms with Gasteiger partial charge in [-0.3, -0.25) is 29.0 Å². The monoisotopic (exact) mass is 776 g/mol. The number of likely N-dealkylation sites (tertiary alicyclic amines) is 1. The molecule has 0 spiro atoms. The number of amides is 4. The zero-order valence-electron chi connectivity index (χ0n) is 31.2. The van der Waals surface area contributed by atoms with Gasteiger partial charge in [0.2, 0.25) is 5.91 Å². The first-order valence-corrected chi connectivity index (χ1v) is 20.0. The van der Waals surface area contributed by atoms with Crippen LogP contribution in [-0.2, 0) is 16.1 Å². The minimum Gasteiger partial charge on any atom is -0.490 e. The Morgan fingerprint density at radius 2 is 1.73 bits per heavy atom. The molecule has 1 atom stereocenters. The minimum atomic E-state index is -0.671. The Kier molecular flexibility index (Phi) is 10.8. The molecule has 4 aliphatic heterocycles. The number of carbonyl (C=O) groups is 4. The first kappa shape index (κ1) is 37.6. The normalized spacial score (nSPS) is 23.5. The molecule has 5 heterocycles. The second-order valence-corrected chi connectivity index (χ2v) is 16.0. The first-order chi connectivity index (χ1) is 27.1. The number of piperidine rings is 2. The molecule has 2 saturated heterocycles. The van der Waals surface area contributed by atoms with E-state index in [2.05, 4.69) is 32.1 Å². The second-order valence-electron chi connectivity index (χ2n) is 15.6. The third-order valence-electron chi connectivity index (χ3n) is 12.1. The molecule has 1 unspecified atom stereocenters. The van der Waals surface area contributed by atoms with Gasteiger partial charge in [0.1, 0.15) is 17.9 Å². The predicted octanol–water partition coefficient (Wildman–Crippen LogP) is 4.97. The highest BCUT2D eigenvalue weighted by Gasteiger charge is 2.45. The zero-order valence-corrected chi connectivity index (χ0v) is 32.0. The van der Waals surface area contributed by atoms with E-state index in [1.165, 1.54) is 10.5 Å². The average Bonchev–Trinajstić information content (AvgIpc) is 3.54. The van der Waals surface area contributed by atoms with Crippen molar-refractivity contribution in [3.63, 3.8) is 0 Å². The lowest BCUT2D eigenvalue weighted by Gasteiger charge is -2.41. The number of fused-ring (bicyclic) bond motifs is 1. The fourth-order valence-corrected chi connectivity index (χ4v) is 9.22. The van der Waals surface area contributed by atoms with Crippen molar-refractivity contribution in [2.75, 3.05) is 37.6 Å². The lowest BCUT2D eigenvalue weighted by molar-refractivity contribution is -0.156. The van der Waals surface area contributed by atoms with Gasteiger partial charge in [0.15, 0.2) is 11.5 Å². The highest BCUT2D eigenvalue weighted by atomic mass is 35.5. The third kappa shape index (κ3) is 7.73. The fourth-order valence-electron chi connectivity index (χ4n) is 9.00. The summed E-state index contributed by atoms with van der Waals surface area (Å²) < 4.78 is 6.13. The van der Waals surface area contributed by atoms with Gasteiger partial charge >= 0.3 is 0 Å². The number of nitrogens with zero attached hydrogens (tertiary/aromatic N) is 7. The van der Waals surface area contributed by atoms with Gasteiger partial charge in [-0.1, -0.05) is 23.7 Å². The Hall–Kier alpha value is -5.32. The van der Waals surface area contributed by atoms with Gasteiger partial charge < -0.3 is 20.3 Å². The summed E-state index contributed by atoms with van der Waals surface area (Å²) in [4.78, 5) is 60.1. The summed E-state index contributed by atoms with van der Waals surface area (Å²) in [5.41, 5.74) is 9.80. The Labute approximate surface area is 331 Å². The Morgan fingerprint density at radius 3 is 2.41 bits per heavy atom. The van der Waals surface area contributed by atoms with Crippen LogP contribution in [0.5, 0.6) is 5.75 Å². The zero-order chi connectivity index (χ0) is 38.9. The molecule has 13 nitrogen and oxygen atoms in total. The summed E-state index contributed by atoms with van der Waals surface area (Å²) in [7, 11) is 0. The van der Waals surface area contributed by atoms with Gasteiger partial charge in [-0.2, -0.15) is 5.26 Å². The van der Waals surface area contributed by atoms with E-state index in [1.807, 2.05) is 24.3 Å². The van der Waals surface area contributed by atoms with Crippen LogP contribution in [0, 0.1) is 17.2 Å². The average molecular weight is 777 g/mol. The maximum Gasteiger partial charge on any atom is 0.269 e. The van der Waals surface area contributed by atoms with Gasteiger partial charge in [-0.05, 0) is 110 Å². The molecule has 0 bridgehead atoms. The van der Waals surface area contributed by atoms with Gasteiger partial charge in [0, 0.05) is 63.4 Å². The van der Waals surface area contributed by atoms with Crippen LogP contribution in [-0.4, -0.2) is 99.4 Å². The van der Waals surface area contributed by atoms with Crippen LogP contribution in [0.1, 0.15) is 95.3 Å². The highest BCUT2D eigenvalue weighted by molar-refractivity contribution is 6.31. The molecule has 290 valence electrons. The highest BCUT2D eigenvalue weighted by Crippen LogP contribution is 2.36. The minimum absolute atomic E-state index is 0.0884. The van der Waals surface area contributed by atoms with E-state index in [-0.39, 0.29) is 42.0 Å². The van der Waals surface area contributed by atoms with Gasteiger partial charge in [0.05, 0.1) is 16.7 Å². The smallest absolute Gasteiger partial charge is 0.269 e. The van der Waals surface area contributed by atoms with E-state index in [0.717, 1.165) is 68.9 Å². The van der Waals surface area contributed by atoms with Crippen molar-refractivity contribution in [2.45, 2.75) is 82.5 Å². The van der Waals surface area contributed by atoms with Crippen LogP contribution >= 0.6 is 11.6 Å². The standard InChI is InChI=1S/C42H45ClN8O5/c43-35-22-33(5-1-29(35)23-44)56-32-6-3-31(4-7-32)51-39(52)12-10-37(42(51)55)50-25-30-21-28(2-8-34(30)41(50)54)27-15-17-48(18-16-27)24-26-13-19-49(20-14-26)38-11-9-36(40(45)53)46-47-38/h1-2,5,8-9,11,15,21-22,26,31-32,37H,3-4,6-7,10,12-14,16-20,24-25H2,(H2,45,53). The summed E-state index contributed by atoms with van der Waals surface area (Å²) in [5.74, 6) is 0.775. The number of benzene rings is 2. The number of nitriles is 1. The molecule has 1 aromatic heterocycles. The molecule has 2 N–H and O–H groups in total. The summed E-state index contributed by atoms with van der Waals surface area (Å²) >= 11 is 6.18. The van der Waals surface area contributed by atoms with Crippen LogP contribution < -0.4 is 15.4 Å². The molecule has 0 radical (unpaired) electrons. The number of rotatable bonds is 9. The molecule has 56 heavy (non-hydrogen) atoms. The first-order valence-electron chi connectivity index (χ1n) is 19.6. The Morgan fingerprint density at radius 1 is 0.929 bits per heavy atom. The van der Waals surface area contributed by atoms with Crippen molar-refractivity contribution in [3.05, 3.63) is 87.6 Å². The van der Waals surface area contributed by atoms with E-state index in [9.17, 15) is 19.2 Å². The van der Waals surface area contributed by atoms with Crippen molar-refractivity contribution in [3.8, 4) is 11.8 Å². The van der Waals surface area contributed by atoms with Gasteiger partial charge in [-0.15, -0.1) is 10.2 Å². The number of hydrogen-bond acceptors (Lipinski definition) is 10. The molecule has 8 rings (SSSR count). The summed E-state index contributed by atoms with van der Waals surface area (Å²) in [6.07, 6.45) is 8.39. The molecule has 4 amide bonds. The topological polar surface area (TPSA) is 166 Å². The summed E-state index contributed by atoms with van der Waals surface area (Å²) in [6, 6.07) is 15.6. The molecular weight excluding hydrogens is 732 g/mol. The van der Waals surface area contributed by atoms with Gasteiger partial charge in [0.25, 0.3) is 17.7 Å². The number of primary amides is 1. The SMILES string of the molecule is N#Cc1ccc(OC2CCC(N3C(=O)CCC(N4Cc5cc(C6=CCN(CC7CCN(c8ccc(C(N)=O)nn8)CC7)CC6)ccc5C4=O)C3=O)CC2)cc1Cl.